The van der Waals surface area contributed by atoms with Gasteiger partial charge in [0.2, 0.25) is 11.8 Å². The summed E-state index contributed by atoms with van der Waals surface area (Å²) in [5.41, 5.74) is -0.381. The summed E-state index contributed by atoms with van der Waals surface area (Å²) in [5.74, 6) is -0.370. The Hall–Kier alpha value is -3.05. The molecule has 3 aromatic rings. The number of hydrogen-bond acceptors (Lipinski definition) is 6. The molecule has 4 N–H and O–H groups in total. The molecule has 154 valence electrons. The molecule has 0 aliphatic carbocycles. The van der Waals surface area contributed by atoms with Crippen LogP contribution in [-0.4, -0.2) is 37.7 Å². The van der Waals surface area contributed by atoms with Crippen molar-refractivity contribution in [1.82, 2.24) is 4.57 Å². The number of fused-ring (bicyclic) bond motifs is 6. The molecule has 0 saturated carbocycles. The number of aliphatic hydroxyl groups excluding tert-OH is 2. The molecule has 2 bridgehead atoms. The monoisotopic (exact) mass is 406 g/mol. The second-order valence-electron chi connectivity index (χ2n) is 8.06. The van der Waals surface area contributed by atoms with Crippen LogP contribution in [0.4, 0.5) is 0 Å². The summed E-state index contributed by atoms with van der Waals surface area (Å²) in [6.07, 6.45) is -0.0245. The maximum absolute atomic E-state index is 11.3. The van der Waals surface area contributed by atoms with Gasteiger partial charge in [-0.2, -0.15) is 5.26 Å². The summed E-state index contributed by atoms with van der Waals surface area (Å²) in [5, 5.41) is 53.8. The molecule has 0 radical (unpaired) electrons. The molecule has 1 saturated heterocycles. The van der Waals surface area contributed by atoms with Crippen LogP contribution in [0.3, 0.4) is 0 Å². The summed E-state index contributed by atoms with van der Waals surface area (Å²) >= 11 is 0. The van der Waals surface area contributed by atoms with Crippen LogP contribution in [0.25, 0.3) is 16.5 Å². The van der Waals surface area contributed by atoms with Crippen LogP contribution in [0.1, 0.15) is 42.9 Å². The molecule has 1 aromatic heterocycles. The highest BCUT2D eigenvalue weighted by atomic mass is 16.6. The van der Waals surface area contributed by atoms with Crippen LogP contribution in [0.5, 0.6) is 11.8 Å². The van der Waals surface area contributed by atoms with Crippen molar-refractivity contribution in [3.63, 3.8) is 0 Å². The summed E-state index contributed by atoms with van der Waals surface area (Å²) in [7, 11) is 0. The number of nitrogens with zero attached hydrogens (tertiary/aromatic N) is 2. The van der Waals surface area contributed by atoms with Gasteiger partial charge in [-0.05, 0) is 18.6 Å². The Morgan fingerprint density at radius 1 is 1.13 bits per heavy atom. The van der Waals surface area contributed by atoms with Gasteiger partial charge >= 0.3 is 0 Å². The molecule has 3 atom stereocenters. The molecule has 2 aliphatic rings. The van der Waals surface area contributed by atoms with E-state index < -0.39 is 17.3 Å². The van der Waals surface area contributed by atoms with E-state index in [0.717, 1.165) is 0 Å². The normalized spacial score (nSPS) is 26.8. The van der Waals surface area contributed by atoms with Gasteiger partial charge < -0.3 is 25.2 Å². The third kappa shape index (κ3) is 2.08. The van der Waals surface area contributed by atoms with Crippen molar-refractivity contribution in [2.75, 3.05) is 6.61 Å². The van der Waals surface area contributed by atoms with Crippen LogP contribution in [0.2, 0.25) is 0 Å². The number of aromatic hydroxyl groups is 2. The SMILES string of the molecule is CC[C@]12O[C@](CCO)(C[C@@H]1O)c1c2c(O)n(-c2ccc(C#N)c3ccccc23)c1O. The van der Waals surface area contributed by atoms with E-state index >= 15 is 0 Å². The first kappa shape index (κ1) is 18.9. The van der Waals surface area contributed by atoms with E-state index in [-0.39, 0.29) is 31.2 Å². The average molecular weight is 406 g/mol. The Morgan fingerprint density at radius 3 is 2.50 bits per heavy atom. The van der Waals surface area contributed by atoms with Crippen molar-refractivity contribution in [1.29, 1.82) is 5.26 Å². The molecular weight excluding hydrogens is 384 g/mol. The summed E-state index contributed by atoms with van der Waals surface area (Å²) < 4.78 is 7.60. The van der Waals surface area contributed by atoms with Crippen molar-refractivity contribution in [2.45, 2.75) is 43.5 Å². The predicted octanol–water partition coefficient (Wildman–Crippen LogP) is 2.89. The van der Waals surface area contributed by atoms with E-state index in [9.17, 15) is 25.7 Å². The maximum atomic E-state index is 11.3. The quantitative estimate of drug-likeness (QED) is 0.529. The third-order valence-corrected chi connectivity index (χ3v) is 6.74. The molecule has 30 heavy (non-hydrogen) atoms. The van der Waals surface area contributed by atoms with Gasteiger partial charge in [-0.1, -0.05) is 31.2 Å². The van der Waals surface area contributed by atoms with Gasteiger partial charge in [-0.25, -0.2) is 0 Å². The fourth-order valence-electron chi connectivity index (χ4n) is 5.43. The largest absolute Gasteiger partial charge is 0.494 e. The van der Waals surface area contributed by atoms with Crippen LogP contribution in [0.15, 0.2) is 36.4 Å². The van der Waals surface area contributed by atoms with Gasteiger partial charge in [0.1, 0.15) is 11.2 Å². The van der Waals surface area contributed by atoms with E-state index in [0.29, 0.717) is 39.6 Å². The first-order valence-electron chi connectivity index (χ1n) is 10.0. The molecule has 2 aromatic carbocycles. The van der Waals surface area contributed by atoms with E-state index in [4.69, 9.17) is 4.74 Å². The topological polar surface area (TPSA) is 119 Å². The number of ether oxygens (including phenoxy) is 1. The van der Waals surface area contributed by atoms with Gasteiger partial charge in [0.15, 0.2) is 0 Å². The minimum absolute atomic E-state index is 0.173. The van der Waals surface area contributed by atoms with E-state index in [1.54, 1.807) is 12.1 Å². The second-order valence-corrected chi connectivity index (χ2v) is 8.06. The molecular formula is C23H22N2O5. The first-order chi connectivity index (χ1) is 14.4. The standard InChI is InChI=1S/C23H22N2O5/c1-2-23-17(27)11-22(30-23,9-10-26)18-19(23)21(29)25(20(18)28)16-8-7-13(12-24)14-5-3-4-6-15(14)16/h3-8,17,26-29H,2,9-11H2,1H3/t17-,22+,23-/m0/s1. The minimum Gasteiger partial charge on any atom is -0.494 e. The van der Waals surface area contributed by atoms with Crippen molar-refractivity contribution >= 4 is 10.8 Å². The number of hydrogen-bond donors (Lipinski definition) is 4. The van der Waals surface area contributed by atoms with Gasteiger partial charge in [0, 0.05) is 30.2 Å². The Morgan fingerprint density at radius 2 is 1.83 bits per heavy atom. The summed E-state index contributed by atoms with van der Waals surface area (Å²) in [6, 6.07) is 12.8. The second kappa shape index (κ2) is 6.22. The Bertz CT molecular complexity index is 1230. The fourth-order valence-corrected chi connectivity index (χ4v) is 5.43. The minimum atomic E-state index is -1.14. The molecule has 0 unspecified atom stereocenters. The maximum Gasteiger partial charge on any atom is 0.205 e. The average Bonchev–Trinajstić information content (AvgIpc) is 3.31. The molecule has 1 fully saturated rings. The molecule has 0 spiro atoms. The van der Waals surface area contributed by atoms with Crippen molar-refractivity contribution < 1.29 is 25.2 Å². The lowest BCUT2D eigenvalue weighted by Crippen LogP contribution is -2.35. The zero-order valence-electron chi connectivity index (χ0n) is 16.5. The lowest BCUT2D eigenvalue weighted by atomic mass is 9.74. The van der Waals surface area contributed by atoms with Crippen LogP contribution >= 0.6 is 0 Å². The zero-order chi connectivity index (χ0) is 21.3. The lowest BCUT2D eigenvalue weighted by molar-refractivity contribution is -0.120. The number of rotatable bonds is 4. The Balaban J connectivity index is 1.84. The van der Waals surface area contributed by atoms with Gasteiger partial charge in [-0.15, -0.1) is 0 Å². The summed E-state index contributed by atoms with van der Waals surface area (Å²) in [4.78, 5) is 0. The molecule has 7 heteroatoms. The fraction of sp³-hybridized carbons (Fsp3) is 0.348. The smallest absolute Gasteiger partial charge is 0.205 e. The highest BCUT2D eigenvalue weighted by Crippen LogP contribution is 2.66. The van der Waals surface area contributed by atoms with Crippen molar-refractivity contribution in [2.24, 2.45) is 0 Å². The van der Waals surface area contributed by atoms with E-state index in [1.165, 1.54) is 4.57 Å². The van der Waals surface area contributed by atoms with Crippen molar-refractivity contribution in [3.05, 3.63) is 53.1 Å². The van der Waals surface area contributed by atoms with Gasteiger partial charge in [0.05, 0.1) is 34.6 Å². The zero-order valence-corrected chi connectivity index (χ0v) is 16.5. The molecule has 5 rings (SSSR count). The lowest BCUT2D eigenvalue weighted by Gasteiger charge is -2.28. The van der Waals surface area contributed by atoms with Crippen LogP contribution in [0, 0.1) is 11.3 Å². The molecule has 3 heterocycles. The number of aromatic nitrogens is 1. The van der Waals surface area contributed by atoms with Gasteiger partial charge in [0.25, 0.3) is 0 Å². The molecule has 0 amide bonds. The number of aliphatic hydroxyl groups is 2. The highest BCUT2D eigenvalue weighted by Gasteiger charge is 2.67. The Kier molecular flexibility index (Phi) is 3.93. The Labute approximate surface area is 173 Å². The van der Waals surface area contributed by atoms with E-state index in [2.05, 4.69) is 6.07 Å². The molecule has 2 aliphatic heterocycles. The highest BCUT2D eigenvalue weighted by molar-refractivity contribution is 5.95. The predicted molar refractivity (Wildman–Crippen MR) is 108 cm³/mol. The third-order valence-electron chi connectivity index (χ3n) is 6.74. The van der Waals surface area contributed by atoms with Gasteiger partial charge in [-0.3, -0.25) is 4.57 Å². The summed E-state index contributed by atoms with van der Waals surface area (Å²) in [6.45, 7) is 1.68. The number of benzene rings is 2. The first-order valence-corrected chi connectivity index (χ1v) is 10.0. The van der Waals surface area contributed by atoms with Crippen LogP contribution in [-0.2, 0) is 15.9 Å². The number of nitriles is 1. The van der Waals surface area contributed by atoms with Crippen molar-refractivity contribution in [3.8, 4) is 23.5 Å². The van der Waals surface area contributed by atoms with E-state index in [1.807, 2.05) is 31.2 Å². The molecule has 7 nitrogen and oxygen atoms in total. The van der Waals surface area contributed by atoms with Crippen LogP contribution < -0.4 is 0 Å².